The van der Waals surface area contributed by atoms with Gasteiger partial charge in [0.15, 0.2) is 11.6 Å². The van der Waals surface area contributed by atoms with Crippen LogP contribution in [-0.2, 0) is 0 Å². The van der Waals surface area contributed by atoms with Crippen LogP contribution in [0.3, 0.4) is 0 Å². The van der Waals surface area contributed by atoms with Gasteiger partial charge in [-0.25, -0.2) is 13.2 Å². The van der Waals surface area contributed by atoms with E-state index in [4.69, 9.17) is 0 Å². The first-order valence-electron chi connectivity index (χ1n) is 10.2. The van der Waals surface area contributed by atoms with Gasteiger partial charge in [0, 0.05) is 0 Å². The third-order valence-electron chi connectivity index (χ3n) is 6.22. The maximum Gasteiger partial charge on any atom is 0.169 e. The highest BCUT2D eigenvalue weighted by Crippen LogP contribution is 2.38. The molecule has 1 saturated carbocycles. The minimum absolute atomic E-state index is 0.288. The number of rotatable bonds is 4. The average molecular weight is 382 g/mol. The molecule has 28 heavy (non-hydrogen) atoms. The van der Waals surface area contributed by atoms with Crippen LogP contribution in [0.5, 0.6) is 0 Å². The molecule has 3 aromatic rings. The van der Waals surface area contributed by atoms with Crippen LogP contribution >= 0.6 is 0 Å². The minimum atomic E-state index is -1.13. The van der Waals surface area contributed by atoms with Crippen LogP contribution in [0.2, 0.25) is 0 Å². The van der Waals surface area contributed by atoms with Gasteiger partial charge in [0.1, 0.15) is 5.82 Å². The quantitative estimate of drug-likeness (QED) is 0.429. The van der Waals surface area contributed by atoms with Crippen molar-refractivity contribution in [2.75, 3.05) is 0 Å². The van der Waals surface area contributed by atoms with E-state index in [0.29, 0.717) is 16.9 Å². The molecule has 1 aliphatic rings. The van der Waals surface area contributed by atoms with Gasteiger partial charge in [-0.2, -0.15) is 0 Å². The summed E-state index contributed by atoms with van der Waals surface area (Å²) in [5.74, 6) is -1.41. The van der Waals surface area contributed by atoms with Crippen LogP contribution in [0.15, 0.2) is 48.5 Å². The van der Waals surface area contributed by atoms with Crippen molar-refractivity contribution >= 4 is 10.8 Å². The molecule has 0 amide bonds. The van der Waals surface area contributed by atoms with Crippen LogP contribution < -0.4 is 0 Å². The molecule has 1 aliphatic carbocycles. The van der Waals surface area contributed by atoms with Crippen LogP contribution in [0.1, 0.15) is 56.9 Å². The van der Waals surface area contributed by atoms with Gasteiger partial charge >= 0.3 is 0 Å². The molecule has 0 spiro atoms. The third kappa shape index (κ3) is 3.67. The topological polar surface area (TPSA) is 0 Å². The summed E-state index contributed by atoms with van der Waals surface area (Å²) < 4.78 is 41.7. The molecule has 0 heterocycles. The van der Waals surface area contributed by atoms with Gasteiger partial charge in [-0.1, -0.05) is 50.1 Å². The molecule has 3 heteroatoms. The van der Waals surface area contributed by atoms with E-state index >= 15 is 0 Å². The minimum Gasteiger partial charge on any atom is -0.206 e. The zero-order chi connectivity index (χ0) is 19.7. The van der Waals surface area contributed by atoms with E-state index < -0.39 is 17.5 Å². The first kappa shape index (κ1) is 19.0. The second kappa shape index (κ2) is 7.98. The Morgan fingerprint density at radius 2 is 1.50 bits per heavy atom. The molecule has 0 aromatic heterocycles. The Labute approximate surface area is 164 Å². The fourth-order valence-corrected chi connectivity index (χ4v) is 4.65. The van der Waals surface area contributed by atoms with E-state index in [1.807, 2.05) is 12.1 Å². The monoisotopic (exact) mass is 382 g/mol. The van der Waals surface area contributed by atoms with Crippen molar-refractivity contribution in [3.05, 3.63) is 71.5 Å². The SMILES string of the molecule is CCCC1CCC(c2ccc(-c3cc(F)c4c(F)c(F)ccc4c3)cc2)CC1. The second-order valence-electron chi connectivity index (χ2n) is 8.05. The lowest BCUT2D eigenvalue weighted by Gasteiger charge is -2.28. The lowest BCUT2D eigenvalue weighted by molar-refractivity contribution is 0.308. The molecule has 0 bridgehead atoms. The molecule has 0 nitrogen and oxygen atoms in total. The van der Waals surface area contributed by atoms with Crippen molar-refractivity contribution in [1.29, 1.82) is 0 Å². The van der Waals surface area contributed by atoms with Crippen molar-refractivity contribution in [3.8, 4) is 11.1 Å². The van der Waals surface area contributed by atoms with Crippen LogP contribution in [0.25, 0.3) is 21.9 Å². The lowest BCUT2D eigenvalue weighted by atomic mass is 9.77. The Balaban J connectivity index is 1.57. The Hall–Kier alpha value is -2.29. The summed E-state index contributed by atoms with van der Waals surface area (Å²) >= 11 is 0. The maximum atomic E-state index is 14.4. The van der Waals surface area contributed by atoms with E-state index in [1.54, 1.807) is 6.07 Å². The van der Waals surface area contributed by atoms with E-state index in [2.05, 4.69) is 19.1 Å². The standard InChI is InChI=1S/C25H25F3/c1-2-3-16-4-6-17(7-5-16)18-8-10-19(11-9-18)21-14-20-12-13-22(26)25(28)24(20)23(27)15-21/h8-17H,2-7H2,1H3. The lowest BCUT2D eigenvalue weighted by Crippen LogP contribution is -2.13. The molecule has 0 unspecified atom stereocenters. The third-order valence-corrected chi connectivity index (χ3v) is 6.22. The summed E-state index contributed by atoms with van der Waals surface area (Å²) in [4.78, 5) is 0. The summed E-state index contributed by atoms with van der Waals surface area (Å²) in [5.41, 5.74) is 2.90. The van der Waals surface area contributed by atoms with Gasteiger partial charge in [0.2, 0.25) is 0 Å². The fourth-order valence-electron chi connectivity index (χ4n) is 4.65. The van der Waals surface area contributed by atoms with Gasteiger partial charge in [-0.05, 0) is 77.8 Å². The molecule has 0 saturated heterocycles. The normalized spacial score (nSPS) is 19.9. The fraction of sp³-hybridized carbons (Fsp3) is 0.360. The number of fused-ring (bicyclic) bond motifs is 1. The van der Waals surface area contributed by atoms with E-state index in [0.717, 1.165) is 17.5 Å². The maximum absolute atomic E-state index is 14.4. The molecule has 4 rings (SSSR count). The molecular formula is C25H25F3. The highest BCUT2D eigenvalue weighted by Gasteiger charge is 2.22. The molecule has 1 fully saturated rings. The van der Waals surface area contributed by atoms with Gasteiger partial charge < -0.3 is 0 Å². The molecule has 0 N–H and O–H groups in total. The smallest absolute Gasteiger partial charge is 0.169 e. The van der Waals surface area contributed by atoms with Crippen molar-refractivity contribution in [3.63, 3.8) is 0 Å². The summed E-state index contributed by atoms with van der Waals surface area (Å²) in [7, 11) is 0. The predicted molar refractivity (Wildman–Crippen MR) is 109 cm³/mol. The Kier molecular flexibility index (Phi) is 5.43. The molecule has 0 aliphatic heterocycles. The van der Waals surface area contributed by atoms with Crippen molar-refractivity contribution < 1.29 is 13.2 Å². The van der Waals surface area contributed by atoms with Crippen LogP contribution in [0, 0.1) is 23.4 Å². The highest BCUT2D eigenvalue weighted by atomic mass is 19.2. The van der Waals surface area contributed by atoms with Gasteiger partial charge in [-0.15, -0.1) is 0 Å². The van der Waals surface area contributed by atoms with Gasteiger partial charge in [-0.3, -0.25) is 0 Å². The zero-order valence-electron chi connectivity index (χ0n) is 16.2. The summed E-state index contributed by atoms with van der Waals surface area (Å²) in [6.07, 6.45) is 7.68. The average Bonchev–Trinajstić information content (AvgIpc) is 2.71. The molecule has 146 valence electrons. The Bertz CT molecular complexity index is 967. The Morgan fingerprint density at radius 3 is 2.18 bits per heavy atom. The summed E-state index contributed by atoms with van der Waals surface area (Å²) in [5, 5.41) is 0.0800. The van der Waals surface area contributed by atoms with E-state index in [1.165, 1.54) is 56.2 Å². The van der Waals surface area contributed by atoms with Crippen molar-refractivity contribution in [1.82, 2.24) is 0 Å². The van der Waals surface area contributed by atoms with Crippen LogP contribution in [-0.4, -0.2) is 0 Å². The second-order valence-corrected chi connectivity index (χ2v) is 8.05. The largest absolute Gasteiger partial charge is 0.206 e. The van der Waals surface area contributed by atoms with Crippen molar-refractivity contribution in [2.45, 2.75) is 51.4 Å². The Morgan fingerprint density at radius 1 is 0.786 bits per heavy atom. The zero-order valence-corrected chi connectivity index (χ0v) is 16.2. The predicted octanol–water partition coefficient (Wildman–Crippen LogP) is 8.00. The molecule has 3 aromatic carbocycles. The van der Waals surface area contributed by atoms with Gasteiger partial charge in [0.05, 0.1) is 5.39 Å². The van der Waals surface area contributed by atoms with E-state index in [-0.39, 0.29) is 5.39 Å². The van der Waals surface area contributed by atoms with Crippen molar-refractivity contribution in [2.24, 2.45) is 5.92 Å². The molecule has 0 atom stereocenters. The summed E-state index contributed by atoms with van der Waals surface area (Å²) in [6.45, 7) is 2.26. The van der Waals surface area contributed by atoms with E-state index in [9.17, 15) is 13.2 Å². The number of benzene rings is 3. The van der Waals surface area contributed by atoms with Gasteiger partial charge in [0.25, 0.3) is 0 Å². The number of halogens is 3. The molecule has 0 radical (unpaired) electrons. The first-order valence-corrected chi connectivity index (χ1v) is 10.2. The summed E-state index contributed by atoms with van der Waals surface area (Å²) in [6, 6.07) is 13.7. The van der Waals surface area contributed by atoms with Crippen LogP contribution in [0.4, 0.5) is 13.2 Å². The first-order chi connectivity index (χ1) is 13.6. The molecular weight excluding hydrogens is 357 g/mol. The number of hydrogen-bond donors (Lipinski definition) is 0. The number of hydrogen-bond acceptors (Lipinski definition) is 0. The highest BCUT2D eigenvalue weighted by molar-refractivity contribution is 5.88.